The van der Waals surface area contributed by atoms with Crippen molar-refractivity contribution in [3.05, 3.63) is 59.7 Å². The van der Waals surface area contributed by atoms with Gasteiger partial charge in [-0.15, -0.1) is 0 Å². The standard InChI is InChI=1S/C21H30N2O3/c24-20-8-7-19(17-21(20)25)10-13-22-11-4-15-26-16-14-23-12-9-18-5-2-1-3-6-18/h1-3,5-8,17,22-25H,4,9-16H2. The van der Waals surface area contributed by atoms with Crippen molar-refractivity contribution in [3.8, 4) is 11.5 Å². The quantitative estimate of drug-likeness (QED) is 0.327. The van der Waals surface area contributed by atoms with Crippen molar-refractivity contribution >= 4 is 0 Å². The molecule has 0 aliphatic heterocycles. The first-order valence-corrected chi connectivity index (χ1v) is 9.29. The molecule has 0 bridgehead atoms. The molecule has 0 amide bonds. The molecule has 0 fully saturated rings. The molecule has 0 saturated carbocycles. The van der Waals surface area contributed by atoms with E-state index in [-0.39, 0.29) is 11.5 Å². The second-order valence-corrected chi connectivity index (χ2v) is 6.27. The molecule has 0 unspecified atom stereocenters. The Morgan fingerprint density at radius 2 is 1.42 bits per heavy atom. The Morgan fingerprint density at radius 3 is 2.19 bits per heavy atom. The SMILES string of the molecule is Oc1ccc(CCNCCCOCCNCCc2ccccc2)cc1O. The topological polar surface area (TPSA) is 73.8 Å². The highest BCUT2D eigenvalue weighted by Gasteiger charge is 2.00. The van der Waals surface area contributed by atoms with Crippen LogP contribution in [0, 0.1) is 0 Å². The van der Waals surface area contributed by atoms with Crippen LogP contribution < -0.4 is 10.6 Å². The van der Waals surface area contributed by atoms with Gasteiger partial charge in [-0.25, -0.2) is 0 Å². The van der Waals surface area contributed by atoms with Gasteiger partial charge in [0.05, 0.1) is 6.61 Å². The lowest BCUT2D eigenvalue weighted by molar-refractivity contribution is 0.133. The summed E-state index contributed by atoms with van der Waals surface area (Å²) in [5, 5.41) is 25.5. The number of aromatic hydroxyl groups is 2. The fourth-order valence-corrected chi connectivity index (χ4v) is 2.63. The number of rotatable bonds is 13. The molecule has 0 aliphatic carbocycles. The average Bonchev–Trinajstić information content (AvgIpc) is 2.66. The summed E-state index contributed by atoms with van der Waals surface area (Å²) in [5.41, 5.74) is 2.36. The van der Waals surface area contributed by atoms with Crippen LogP contribution >= 0.6 is 0 Å². The van der Waals surface area contributed by atoms with Gasteiger partial charge < -0.3 is 25.6 Å². The van der Waals surface area contributed by atoms with E-state index in [1.807, 2.05) is 12.1 Å². The van der Waals surface area contributed by atoms with Crippen LogP contribution in [0.5, 0.6) is 11.5 Å². The van der Waals surface area contributed by atoms with E-state index in [0.29, 0.717) is 0 Å². The summed E-state index contributed by atoms with van der Waals surface area (Å²) in [6.45, 7) is 5.10. The zero-order valence-electron chi connectivity index (χ0n) is 15.3. The molecule has 0 saturated heterocycles. The van der Waals surface area contributed by atoms with E-state index in [4.69, 9.17) is 4.74 Å². The van der Waals surface area contributed by atoms with Gasteiger partial charge in [-0.05, 0) is 62.2 Å². The molecule has 4 N–H and O–H groups in total. The van der Waals surface area contributed by atoms with Crippen LogP contribution in [0.2, 0.25) is 0 Å². The molecule has 5 heteroatoms. The van der Waals surface area contributed by atoms with Crippen LogP contribution in [-0.4, -0.2) is 49.6 Å². The number of phenols is 2. The van der Waals surface area contributed by atoms with Crippen LogP contribution in [0.3, 0.4) is 0 Å². The molecule has 26 heavy (non-hydrogen) atoms. The molecule has 0 aliphatic rings. The molecular weight excluding hydrogens is 328 g/mol. The molecule has 0 radical (unpaired) electrons. The molecular formula is C21H30N2O3. The summed E-state index contributed by atoms with van der Waals surface area (Å²) in [5.74, 6) is -0.137. The first-order chi connectivity index (χ1) is 12.8. The van der Waals surface area contributed by atoms with Crippen LogP contribution in [0.15, 0.2) is 48.5 Å². The summed E-state index contributed by atoms with van der Waals surface area (Å²) < 4.78 is 5.62. The van der Waals surface area contributed by atoms with E-state index < -0.39 is 0 Å². The smallest absolute Gasteiger partial charge is 0.157 e. The Bertz CT molecular complexity index is 620. The Kier molecular flexibility index (Phi) is 9.57. The predicted octanol–water partition coefficient (Wildman–Crippen LogP) is 2.47. The van der Waals surface area contributed by atoms with E-state index in [9.17, 15) is 10.2 Å². The van der Waals surface area contributed by atoms with E-state index in [2.05, 4.69) is 34.9 Å². The predicted molar refractivity (Wildman–Crippen MR) is 105 cm³/mol. The maximum absolute atomic E-state index is 9.44. The van der Waals surface area contributed by atoms with Gasteiger partial charge in [-0.3, -0.25) is 0 Å². The number of hydrogen-bond acceptors (Lipinski definition) is 5. The highest BCUT2D eigenvalue weighted by molar-refractivity contribution is 5.40. The first-order valence-electron chi connectivity index (χ1n) is 9.29. The van der Waals surface area contributed by atoms with E-state index in [0.717, 1.165) is 64.2 Å². The fraction of sp³-hybridized carbons (Fsp3) is 0.429. The highest BCUT2D eigenvalue weighted by atomic mass is 16.5. The second-order valence-electron chi connectivity index (χ2n) is 6.27. The summed E-state index contributed by atoms with van der Waals surface area (Å²) >= 11 is 0. The van der Waals surface area contributed by atoms with E-state index >= 15 is 0 Å². The summed E-state index contributed by atoms with van der Waals surface area (Å²) in [6, 6.07) is 15.4. The van der Waals surface area contributed by atoms with Crippen LogP contribution in [0.4, 0.5) is 0 Å². The van der Waals surface area contributed by atoms with Gasteiger partial charge in [0.1, 0.15) is 0 Å². The minimum Gasteiger partial charge on any atom is -0.504 e. The van der Waals surface area contributed by atoms with Crippen molar-refractivity contribution < 1.29 is 14.9 Å². The normalized spacial score (nSPS) is 10.9. The first kappa shape index (κ1) is 20.2. The maximum Gasteiger partial charge on any atom is 0.157 e. The maximum atomic E-state index is 9.44. The van der Waals surface area contributed by atoms with Crippen molar-refractivity contribution in [2.24, 2.45) is 0 Å². The lowest BCUT2D eigenvalue weighted by Gasteiger charge is -2.08. The monoisotopic (exact) mass is 358 g/mol. The van der Waals surface area contributed by atoms with Crippen LogP contribution in [0.1, 0.15) is 17.5 Å². The van der Waals surface area contributed by atoms with Gasteiger partial charge in [0.15, 0.2) is 11.5 Å². The minimum absolute atomic E-state index is 0.0618. The molecule has 0 heterocycles. The third kappa shape index (κ3) is 8.34. The Hall–Kier alpha value is -2.08. The van der Waals surface area contributed by atoms with Crippen molar-refractivity contribution in [3.63, 3.8) is 0 Å². The molecule has 2 rings (SSSR count). The molecule has 142 valence electrons. The van der Waals surface area contributed by atoms with Gasteiger partial charge in [0.2, 0.25) is 0 Å². The van der Waals surface area contributed by atoms with Gasteiger partial charge in [0, 0.05) is 13.2 Å². The zero-order valence-corrected chi connectivity index (χ0v) is 15.3. The number of phenolic OH excluding ortho intramolecular Hbond substituents is 2. The zero-order chi connectivity index (χ0) is 18.5. The summed E-state index contributed by atoms with van der Waals surface area (Å²) in [6.07, 6.45) is 2.84. The molecule has 5 nitrogen and oxygen atoms in total. The van der Waals surface area contributed by atoms with Crippen LogP contribution in [0.25, 0.3) is 0 Å². The number of benzene rings is 2. The molecule has 0 atom stereocenters. The van der Waals surface area contributed by atoms with Crippen molar-refractivity contribution in [1.29, 1.82) is 0 Å². The number of nitrogens with one attached hydrogen (secondary N) is 2. The van der Waals surface area contributed by atoms with Gasteiger partial charge >= 0.3 is 0 Å². The van der Waals surface area contributed by atoms with Gasteiger partial charge in [-0.1, -0.05) is 36.4 Å². The van der Waals surface area contributed by atoms with Crippen molar-refractivity contribution in [1.82, 2.24) is 10.6 Å². The summed E-state index contributed by atoms with van der Waals surface area (Å²) in [7, 11) is 0. The van der Waals surface area contributed by atoms with E-state index in [1.54, 1.807) is 6.07 Å². The lowest BCUT2D eigenvalue weighted by Crippen LogP contribution is -2.23. The highest BCUT2D eigenvalue weighted by Crippen LogP contribution is 2.24. The number of hydrogen-bond donors (Lipinski definition) is 4. The second kappa shape index (κ2) is 12.3. The minimum atomic E-state index is -0.0755. The van der Waals surface area contributed by atoms with Crippen molar-refractivity contribution in [2.75, 3.05) is 39.4 Å². The largest absolute Gasteiger partial charge is 0.504 e. The van der Waals surface area contributed by atoms with Gasteiger partial charge in [-0.2, -0.15) is 0 Å². The average molecular weight is 358 g/mol. The van der Waals surface area contributed by atoms with Crippen molar-refractivity contribution in [2.45, 2.75) is 19.3 Å². The molecule has 2 aromatic carbocycles. The third-order valence-corrected chi connectivity index (χ3v) is 4.13. The lowest BCUT2D eigenvalue weighted by atomic mass is 10.1. The van der Waals surface area contributed by atoms with Gasteiger partial charge in [0.25, 0.3) is 0 Å². The van der Waals surface area contributed by atoms with Crippen LogP contribution in [-0.2, 0) is 17.6 Å². The fourth-order valence-electron chi connectivity index (χ4n) is 2.63. The van der Waals surface area contributed by atoms with E-state index in [1.165, 1.54) is 11.6 Å². The Labute approximate surface area is 156 Å². The molecule has 0 spiro atoms. The molecule has 0 aromatic heterocycles. The Morgan fingerprint density at radius 1 is 0.692 bits per heavy atom. The molecule has 2 aromatic rings. The summed E-state index contributed by atoms with van der Waals surface area (Å²) in [4.78, 5) is 0. The third-order valence-electron chi connectivity index (χ3n) is 4.13. The Balaban J connectivity index is 1.36. The number of ether oxygens (including phenoxy) is 1.